The number of hydrogen-bond acceptors (Lipinski definition) is 2. The summed E-state index contributed by atoms with van der Waals surface area (Å²) < 4.78 is 0. The van der Waals surface area contributed by atoms with Crippen molar-refractivity contribution in [1.29, 1.82) is 0 Å². The molecule has 0 aromatic carbocycles. The van der Waals surface area contributed by atoms with E-state index in [9.17, 15) is 0 Å². The lowest BCUT2D eigenvalue weighted by molar-refractivity contribution is 0.394. The van der Waals surface area contributed by atoms with Crippen LogP contribution in [0.4, 0.5) is 0 Å². The largest absolute Gasteiger partial charge is 0.314 e. The molecule has 2 heteroatoms. The van der Waals surface area contributed by atoms with Gasteiger partial charge in [0.25, 0.3) is 0 Å². The summed E-state index contributed by atoms with van der Waals surface area (Å²) in [6.07, 6.45) is 5.58. The lowest BCUT2D eigenvalue weighted by Crippen LogP contribution is -2.34. The minimum atomic E-state index is 0.800. The fourth-order valence-electron chi connectivity index (χ4n) is 1.62. The fourth-order valence-corrected chi connectivity index (χ4v) is 2.51. The first kappa shape index (κ1) is 10.4. The van der Waals surface area contributed by atoms with Crippen LogP contribution < -0.4 is 5.32 Å². The van der Waals surface area contributed by atoms with Crippen molar-refractivity contribution in [1.82, 2.24) is 5.32 Å². The highest BCUT2D eigenvalue weighted by molar-refractivity contribution is 7.99. The first-order chi connectivity index (χ1) is 5.79. The molecule has 1 rings (SSSR count). The predicted molar refractivity (Wildman–Crippen MR) is 57.9 cm³/mol. The van der Waals surface area contributed by atoms with Gasteiger partial charge in [0.05, 0.1) is 0 Å². The van der Waals surface area contributed by atoms with E-state index in [0.29, 0.717) is 0 Å². The molecule has 1 heterocycles. The molecule has 1 aliphatic heterocycles. The van der Waals surface area contributed by atoms with Gasteiger partial charge in [-0.3, -0.25) is 0 Å². The SMILES string of the molecule is CC(C)SCC[C@@H]1CCCCN1. The Bertz CT molecular complexity index is 108. The molecule has 0 amide bonds. The molecule has 0 spiro atoms. The van der Waals surface area contributed by atoms with Crippen molar-refractivity contribution < 1.29 is 0 Å². The number of rotatable bonds is 4. The zero-order valence-corrected chi connectivity index (χ0v) is 9.12. The molecule has 1 N–H and O–H groups in total. The number of hydrogen-bond donors (Lipinski definition) is 1. The van der Waals surface area contributed by atoms with Gasteiger partial charge < -0.3 is 5.32 Å². The molecule has 1 aliphatic rings. The molecule has 1 atom stereocenters. The summed E-state index contributed by atoms with van der Waals surface area (Å²) in [5.41, 5.74) is 0. The topological polar surface area (TPSA) is 12.0 Å². The quantitative estimate of drug-likeness (QED) is 0.726. The Labute approximate surface area is 80.7 Å². The monoisotopic (exact) mass is 187 g/mol. The molecule has 12 heavy (non-hydrogen) atoms. The molecule has 0 aromatic rings. The summed E-state index contributed by atoms with van der Waals surface area (Å²) in [5.74, 6) is 1.33. The van der Waals surface area contributed by atoms with E-state index in [1.165, 1.54) is 38.0 Å². The van der Waals surface area contributed by atoms with Gasteiger partial charge in [-0.25, -0.2) is 0 Å². The molecule has 0 aromatic heterocycles. The van der Waals surface area contributed by atoms with E-state index in [2.05, 4.69) is 30.9 Å². The number of piperidine rings is 1. The third kappa shape index (κ3) is 4.36. The lowest BCUT2D eigenvalue weighted by atomic mass is 10.0. The van der Waals surface area contributed by atoms with E-state index in [1.807, 2.05) is 0 Å². The first-order valence-electron chi connectivity index (χ1n) is 5.14. The van der Waals surface area contributed by atoms with Gasteiger partial charge in [-0.15, -0.1) is 0 Å². The summed E-state index contributed by atoms with van der Waals surface area (Å²) in [4.78, 5) is 0. The van der Waals surface area contributed by atoms with Crippen LogP contribution in [0.1, 0.15) is 39.5 Å². The smallest absolute Gasteiger partial charge is 0.00749 e. The van der Waals surface area contributed by atoms with Gasteiger partial charge in [-0.2, -0.15) is 11.8 Å². The zero-order chi connectivity index (χ0) is 8.81. The van der Waals surface area contributed by atoms with Crippen molar-refractivity contribution >= 4 is 11.8 Å². The predicted octanol–water partition coefficient (Wildman–Crippen LogP) is 2.66. The van der Waals surface area contributed by atoms with Gasteiger partial charge in [0.2, 0.25) is 0 Å². The highest BCUT2D eigenvalue weighted by atomic mass is 32.2. The maximum atomic E-state index is 3.58. The third-order valence-electron chi connectivity index (χ3n) is 2.33. The van der Waals surface area contributed by atoms with Gasteiger partial charge in [0.15, 0.2) is 0 Å². The fraction of sp³-hybridized carbons (Fsp3) is 1.00. The maximum Gasteiger partial charge on any atom is 0.00749 e. The zero-order valence-electron chi connectivity index (χ0n) is 8.31. The van der Waals surface area contributed by atoms with Crippen LogP contribution in [0.2, 0.25) is 0 Å². The van der Waals surface area contributed by atoms with E-state index in [-0.39, 0.29) is 0 Å². The van der Waals surface area contributed by atoms with E-state index in [1.54, 1.807) is 0 Å². The lowest BCUT2D eigenvalue weighted by Gasteiger charge is -2.23. The van der Waals surface area contributed by atoms with Gasteiger partial charge in [-0.1, -0.05) is 20.3 Å². The van der Waals surface area contributed by atoms with E-state index in [0.717, 1.165) is 11.3 Å². The summed E-state index contributed by atoms with van der Waals surface area (Å²) in [5, 5.41) is 4.38. The molecule has 0 saturated carbocycles. The van der Waals surface area contributed by atoms with Crippen LogP contribution in [-0.2, 0) is 0 Å². The van der Waals surface area contributed by atoms with Crippen molar-refractivity contribution in [2.24, 2.45) is 0 Å². The average molecular weight is 187 g/mol. The van der Waals surface area contributed by atoms with Crippen LogP contribution in [0.25, 0.3) is 0 Å². The average Bonchev–Trinajstić information content (AvgIpc) is 2.05. The van der Waals surface area contributed by atoms with Crippen LogP contribution in [-0.4, -0.2) is 23.6 Å². The Morgan fingerprint density at radius 2 is 2.25 bits per heavy atom. The van der Waals surface area contributed by atoms with Crippen molar-refractivity contribution in [3.8, 4) is 0 Å². The molecular weight excluding hydrogens is 166 g/mol. The van der Waals surface area contributed by atoms with E-state index < -0.39 is 0 Å². The van der Waals surface area contributed by atoms with Crippen molar-refractivity contribution in [3.05, 3.63) is 0 Å². The molecule has 1 nitrogen and oxygen atoms in total. The van der Waals surface area contributed by atoms with Crippen LogP contribution in [0.3, 0.4) is 0 Å². The van der Waals surface area contributed by atoms with Crippen molar-refractivity contribution in [3.63, 3.8) is 0 Å². The Kier molecular flexibility index (Phi) is 5.08. The summed E-state index contributed by atoms with van der Waals surface area (Å²) in [6, 6.07) is 0.824. The van der Waals surface area contributed by atoms with Gasteiger partial charge >= 0.3 is 0 Å². The summed E-state index contributed by atoms with van der Waals surface area (Å²) in [7, 11) is 0. The first-order valence-corrected chi connectivity index (χ1v) is 6.19. The number of thioether (sulfide) groups is 1. The highest BCUT2D eigenvalue weighted by Crippen LogP contribution is 2.15. The molecule has 0 bridgehead atoms. The highest BCUT2D eigenvalue weighted by Gasteiger charge is 2.11. The minimum absolute atomic E-state index is 0.800. The maximum absolute atomic E-state index is 3.58. The van der Waals surface area contributed by atoms with E-state index >= 15 is 0 Å². The third-order valence-corrected chi connectivity index (χ3v) is 3.47. The summed E-state index contributed by atoms with van der Waals surface area (Å²) >= 11 is 2.08. The number of nitrogens with one attached hydrogen (secondary N) is 1. The van der Waals surface area contributed by atoms with Crippen molar-refractivity contribution in [2.45, 2.75) is 50.8 Å². The van der Waals surface area contributed by atoms with E-state index in [4.69, 9.17) is 0 Å². The molecule has 0 radical (unpaired) electrons. The Morgan fingerprint density at radius 3 is 2.83 bits per heavy atom. The molecule has 0 aliphatic carbocycles. The normalized spacial score (nSPS) is 24.8. The summed E-state index contributed by atoms with van der Waals surface area (Å²) in [6.45, 7) is 5.80. The second-order valence-electron chi connectivity index (χ2n) is 3.86. The van der Waals surface area contributed by atoms with Crippen LogP contribution in [0, 0.1) is 0 Å². The molecule has 72 valence electrons. The van der Waals surface area contributed by atoms with Gasteiger partial charge in [0.1, 0.15) is 0 Å². The van der Waals surface area contributed by atoms with Gasteiger partial charge in [0, 0.05) is 6.04 Å². The molecule has 0 unspecified atom stereocenters. The Balaban J connectivity index is 1.98. The standard InChI is InChI=1S/C10H21NS/c1-9(2)12-8-6-10-5-3-4-7-11-10/h9-11H,3-8H2,1-2H3/t10-/m0/s1. The van der Waals surface area contributed by atoms with Crippen LogP contribution in [0.5, 0.6) is 0 Å². The molecule has 1 fully saturated rings. The Hall–Kier alpha value is 0.310. The second kappa shape index (κ2) is 5.87. The second-order valence-corrected chi connectivity index (χ2v) is 5.54. The molecule has 1 saturated heterocycles. The Morgan fingerprint density at radius 1 is 1.42 bits per heavy atom. The van der Waals surface area contributed by atoms with Gasteiger partial charge in [-0.05, 0) is 36.8 Å². The van der Waals surface area contributed by atoms with Crippen LogP contribution >= 0.6 is 11.8 Å². The molecular formula is C10H21NS. The van der Waals surface area contributed by atoms with Crippen LogP contribution in [0.15, 0.2) is 0 Å². The minimum Gasteiger partial charge on any atom is -0.314 e. The van der Waals surface area contributed by atoms with Crippen molar-refractivity contribution in [2.75, 3.05) is 12.3 Å².